The van der Waals surface area contributed by atoms with Crippen LogP contribution < -0.4 is 10.6 Å². The standard InChI is InChI=1S/C36H52N2O5/c39-32(28-14-8-4-2-1-3-5-9-15-28)21-24-42-26-27-43-25-22-33(40)37-23-13-12-18-31-36(41)34-29-16-10-6-7-11-17-30(20-19-29)35(34)38-31/h6-7,10-11,16-17,19-20,28,31,34-35,38H,1-5,8-9,12-15,18,21-27H2,(H,37,40). The largest absolute Gasteiger partial charge is 0.379 e. The van der Waals surface area contributed by atoms with Crippen LogP contribution in [0.2, 0.25) is 0 Å². The molecule has 2 N–H and O–H groups in total. The van der Waals surface area contributed by atoms with E-state index in [1.807, 2.05) is 30.4 Å². The van der Waals surface area contributed by atoms with Crippen LogP contribution in [0.1, 0.15) is 89.9 Å². The fourth-order valence-corrected chi connectivity index (χ4v) is 6.61. The van der Waals surface area contributed by atoms with Gasteiger partial charge in [0.05, 0.1) is 38.4 Å². The molecule has 4 rings (SSSR count). The Morgan fingerprint density at radius 3 is 2.12 bits per heavy atom. The third-order valence-electron chi connectivity index (χ3n) is 9.10. The molecule has 7 heteroatoms. The second-order valence-corrected chi connectivity index (χ2v) is 12.3. The molecule has 3 unspecified atom stereocenters. The number of allylic oxidation sites excluding steroid dienone is 7. The topological polar surface area (TPSA) is 93.7 Å². The molecule has 1 aliphatic heterocycles. The maximum Gasteiger partial charge on any atom is 0.222 e. The minimum Gasteiger partial charge on any atom is -0.379 e. The molecule has 0 aromatic carbocycles. The van der Waals surface area contributed by atoms with E-state index < -0.39 is 0 Å². The lowest BCUT2D eigenvalue weighted by atomic mass is 9.80. The van der Waals surface area contributed by atoms with Crippen molar-refractivity contribution in [3.8, 4) is 0 Å². The molecule has 3 aliphatic carbocycles. The average molecular weight is 593 g/mol. The summed E-state index contributed by atoms with van der Waals surface area (Å²) in [5.41, 5.74) is 2.21. The number of amides is 1. The van der Waals surface area contributed by atoms with Crippen molar-refractivity contribution in [3.05, 3.63) is 59.8 Å². The zero-order chi connectivity index (χ0) is 30.1. The van der Waals surface area contributed by atoms with Gasteiger partial charge < -0.3 is 14.8 Å². The van der Waals surface area contributed by atoms with Crippen LogP contribution in [0.4, 0.5) is 0 Å². The molecule has 7 nitrogen and oxygen atoms in total. The smallest absolute Gasteiger partial charge is 0.222 e. The summed E-state index contributed by atoms with van der Waals surface area (Å²) in [5, 5.41) is 6.53. The SMILES string of the molecule is O=C(CCOCCOCCC(=O)C1CCCCCCCCC1)NCCCCC1NC2c3ccccccc(cc3)C2C1=O. The van der Waals surface area contributed by atoms with Gasteiger partial charge in [-0.1, -0.05) is 93.6 Å². The van der Waals surface area contributed by atoms with Gasteiger partial charge >= 0.3 is 0 Å². The molecule has 0 aromatic heterocycles. The van der Waals surface area contributed by atoms with Gasteiger partial charge in [0.15, 0.2) is 5.78 Å². The summed E-state index contributed by atoms with van der Waals surface area (Å²) >= 11 is 0. The van der Waals surface area contributed by atoms with Crippen molar-refractivity contribution in [2.75, 3.05) is 33.0 Å². The highest BCUT2D eigenvalue weighted by Crippen LogP contribution is 2.36. The van der Waals surface area contributed by atoms with E-state index in [-0.39, 0.29) is 35.6 Å². The molecule has 0 aromatic rings. The first kappa shape index (κ1) is 33.3. The lowest BCUT2D eigenvalue weighted by Crippen LogP contribution is -2.34. The lowest BCUT2D eigenvalue weighted by molar-refractivity contribution is -0.125. The fraction of sp³-hybridized carbons (Fsp3) is 0.639. The zero-order valence-corrected chi connectivity index (χ0v) is 25.9. The third kappa shape index (κ3) is 11.1. The van der Waals surface area contributed by atoms with Crippen LogP contribution in [0.25, 0.3) is 0 Å². The highest BCUT2D eigenvalue weighted by Gasteiger charge is 2.44. The van der Waals surface area contributed by atoms with Crippen LogP contribution in [0.5, 0.6) is 0 Å². The van der Waals surface area contributed by atoms with Gasteiger partial charge in [-0.2, -0.15) is 0 Å². The van der Waals surface area contributed by atoms with Crippen molar-refractivity contribution >= 4 is 17.5 Å². The lowest BCUT2D eigenvalue weighted by Gasteiger charge is -2.25. The van der Waals surface area contributed by atoms with Crippen molar-refractivity contribution in [1.29, 1.82) is 0 Å². The number of ether oxygens (including phenoxy) is 2. The Morgan fingerprint density at radius 2 is 1.40 bits per heavy atom. The normalized spacial score (nSPS) is 24.4. The Bertz CT molecular complexity index is 1060. The minimum absolute atomic E-state index is 0.0273. The Morgan fingerprint density at radius 1 is 0.767 bits per heavy atom. The molecule has 43 heavy (non-hydrogen) atoms. The Kier molecular flexibility index (Phi) is 14.6. The summed E-state index contributed by atoms with van der Waals surface area (Å²) in [4.78, 5) is 38.0. The zero-order valence-electron chi connectivity index (χ0n) is 25.9. The molecule has 236 valence electrons. The second-order valence-electron chi connectivity index (χ2n) is 12.3. The molecular formula is C36H52N2O5. The Hall–Kier alpha value is -2.61. The van der Waals surface area contributed by atoms with Crippen molar-refractivity contribution in [1.82, 2.24) is 10.6 Å². The highest BCUT2D eigenvalue weighted by molar-refractivity contribution is 5.93. The summed E-state index contributed by atoms with van der Waals surface area (Å²) in [6.45, 7) is 2.25. The van der Waals surface area contributed by atoms with Gasteiger partial charge in [0.25, 0.3) is 0 Å². The molecule has 1 saturated heterocycles. The van der Waals surface area contributed by atoms with E-state index in [2.05, 4.69) is 28.9 Å². The summed E-state index contributed by atoms with van der Waals surface area (Å²) in [5.74, 6) is 0.677. The Labute approximate surface area is 258 Å². The molecular weight excluding hydrogens is 540 g/mol. The first-order valence-corrected chi connectivity index (χ1v) is 16.8. The molecule has 0 radical (unpaired) electrons. The maximum absolute atomic E-state index is 13.2. The number of carbonyl (C=O) groups is 3. The van der Waals surface area contributed by atoms with Gasteiger partial charge in [0.1, 0.15) is 5.78 Å². The van der Waals surface area contributed by atoms with Crippen molar-refractivity contribution in [3.63, 3.8) is 0 Å². The predicted molar refractivity (Wildman–Crippen MR) is 171 cm³/mol. The second kappa shape index (κ2) is 18.9. The monoisotopic (exact) mass is 592 g/mol. The van der Waals surface area contributed by atoms with E-state index in [0.717, 1.165) is 43.3 Å². The predicted octanol–water partition coefficient (Wildman–Crippen LogP) is 5.87. The van der Waals surface area contributed by atoms with Gasteiger partial charge in [-0.25, -0.2) is 0 Å². The molecule has 1 heterocycles. The van der Waals surface area contributed by atoms with Crippen LogP contribution in [-0.2, 0) is 23.9 Å². The van der Waals surface area contributed by atoms with Crippen LogP contribution >= 0.6 is 0 Å². The van der Waals surface area contributed by atoms with Crippen LogP contribution in [0.3, 0.4) is 0 Å². The molecule has 2 bridgehead atoms. The van der Waals surface area contributed by atoms with Crippen LogP contribution in [0.15, 0.2) is 59.8 Å². The third-order valence-corrected chi connectivity index (χ3v) is 9.10. The number of rotatable bonds is 15. The van der Waals surface area contributed by atoms with Crippen LogP contribution in [-0.4, -0.2) is 62.5 Å². The molecule has 3 atom stereocenters. The highest BCUT2D eigenvalue weighted by atomic mass is 16.5. The first-order valence-electron chi connectivity index (χ1n) is 16.8. The number of nitrogens with one attached hydrogen (secondary N) is 2. The van der Waals surface area contributed by atoms with E-state index in [0.29, 0.717) is 51.6 Å². The number of carbonyl (C=O) groups excluding carboxylic acids is 3. The molecule has 4 aliphatic rings. The first-order chi connectivity index (χ1) is 21.1. The van der Waals surface area contributed by atoms with Gasteiger partial charge in [-0.15, -0.1) is 0 Å². The quantitative estimate of drug-likeness (QED) is 0.231. The van der Waals surface area contributed by atoms with E-state index in [4.69, 9.17) is 9.47 Å². The van der Waals surface area contributed by atoms with Crippen molar-refractivity contribution < 1.29 is 23.9 Å². The van der Waals surface area contributed by atoms with Gasteiger partial charge in [-0.3, -0.25) is 19.7 Å². The van der Waals surface area contributed by atoms with Gasteiger partial charge in [0.2, 0.25) is 5.91 Å². The number of hydrogen-bond acceptors (Lipinski definition) is 6. The van der Waals surface area contributed by atoms with Crippen molar-refractivity contribution in [2.24, 2.45) is 11.8 Å². The summed E-state index contributed by atoms with van der Waals surface area (Å²) in [7, 11) is 0. The molecule has 1 saturated carbocycles. The molecule has 2 fully saturated rings. The minimum atomic E-state index is -0.157. The van der Waals surface area contributed by atoms with Crippen molar-refractivity contribution in [2.45, 2.75) is 102 Å². The number of ketones is 2. The number of hydrogen-bond donors (Lipinski definition) is 2. The van der Waals surface area contributed by atoms with Gasteiger partial charge in [-0.05, 0) is 43.3 Å². The van der Waals surface area contributed by atoms with Crippen LogP contribution in [0, 0.1) is 11.8 Å². The van der Waals surface area contributed by atoms with E-state index in [1.54, 1.807) is 0 Å². The maximum atomic E-state index is 13.2. The van der Waals surface area contributed by atoms with E-state index in [1.165, 1.54) is 44.9 Å². The molecule has 0 spiro atoms. The summed E-state index contributed by atoms with van der Waals surface area (Å²) < 4.78 is 11.2. The van der Waals surface area contributed by atoms with E-state index >= 15 is 0 Å². The number of Topliss-reactive ketones (excluding diaryl/α,β-unsaturated/α-hetero) is 2. The molecule has 1 amide bonds. The van der Waals surface area contributed by atoms with E-state index in [9.17, 15) is 14.4 Å². The summed E-state index contributed by atoms with van der Waals surface area (Å²) in [6.07, 6.45) is 30.4. The Balaban J connectivity index is 0.994. The fourth-order valence-electron chi connectivity index (χ4n) is 6.61. The summed E-state index contributed by atoms with van der Waals surface area (Å²) in [6, 6.07) is -0.127. The average Bonchev–Trinajstić information content (AvgIpc) is 3.36. The van der Waals surface area contributed by atoms with Gasteiger partial charge in [0, 0.05) is 31.3 Å². The number of unbranched alkanes of at least 4 members (excludes halogenated alkanes) is 1.